The second kappa shape index (κ2) is 4.93. The van der Waals surface area contributed by atoms with Gasteiger partial charge in [0.1, 0.15) is 0 Å². The summed E-state index contributed by atoms with van der Waals surface area (Å²) in [7, 11) is 0. The van der Waals surface area contributed by atoms with Crippen molar-refractivity contribution in [1.29, 1.82) is 0 Å². The van der Waals surface area contributed by atoms with Crippen molar-refractivity contribution in [1.82, 2.24) is 15.0 Å². The third-order valence-corrected chi connectivity index (χ3v) is 3.02. The SMILES string of the molecule is CCN1CCCC1c1nc(CC(C)O)no1. The lowest BCUT2D eigenvalue weighted by Crippen LogP contribution is -2.22. The number of aromatic nitrogens is 2. The van der Waals surface area contributed by atoms with E-state index in [-0.39, 0.29) is 6.04 Å². The molecule has 0 radical (unpaired) electrons. The first kappa shape index (κ1) is 11.5. The molecule has 0 aromatic carbocycles. The predicted octanol–water partition coefficient (Wildman–Crippen LogP) is 1.15. The van der Waals surface area contributed by atoms with Gasteiger partial charge in [-0.05, 0) is 32.9 Å². The van der Waals surface area contributed by atoms with E-state index < -0.39 is 6.10 Å². The third-order valence-electron chi connectivity index (χ3n) is 3.02. The minimum atomic E-state index is -0.420. The summed E-state index contributed by atoms with van der Waals surface area (Å²) in [5.74, 6) is 1.31. The average molecular weight is 225 g/mol. The highest BCUT2D eigenvalue weighted by Gasteiger charge is 2.29. The highest BCUT2D eigenvalue weighted by atomic mass is 16.5. The Kier molecular flexibility index (Phi) is 3.56. The molecular weight excluding hydrogens is 206 g/mol. The van der Waals surface area contributed by atoms with Gasteiger partial charge in [0.2, 0.25) is 5.89 Å². The van der Waals surface area contributed by atoms with Crippen molar-refractivity contribution in [3.63, 3.8) is 0 Å². The van der Waals surface area contributed by atoms with Gasteiger partial charge in [0, 0.05) is 6.42 Å². The minimum Gasteiger partial charge on any atom is -0.393 e. The molecule has 2 atom stereocenters. The maximum Gasteiger partial charge on any atom is 0.243 e. The molecule has 1 aliphatic rings. The van der Waals surface area contributed by atoms with E-state index in [4.69, 9.17) is 4.52 Å². The van der Waals surface area contributed by atoms with Gasteiger partial charge in [0.05, 0.1) is 12.1 Å². The van der Waals surface area contributed by atoms with Gasteiger partial charge in [-0.2, -0.15) is 4.98 Å². The van der Waals surface area contributed by atoms with Crippen LogP contribution in [0.15, 0.2) is 4.52 Å². The first-order valence-electron chi connectivity index (χ1n) is 5.95. The number of hydrogen-bond donors (Lipinski definition) is 1. The van der Waals surface area contributed by atoms with Crippen LogP contribution in [-0.4, -0.2) is 39.3 Å². The number of aliphatic hydroxyl groups is 1. The van der Waals surface area contributed by atoms with Crippen LogP contribution in [0.25, 0.3) is 0 Å². The van der Waals surface area contributed by atoms with Gasteiger partial charge < -0.3 is 9.63 Å². The van der Waals surface area contributed by atoms with Crippen molar-refractivity contribution in [3.8, 4) is 0 Å². The quantitative estimate of drug-likeness (QED) is 0.832. The van der Waals surface area contributed by atoms with Crippen LogP contribution in [0.3, 0.4) is 0 Å². The highest BCUT2D eigenvalue weighted by Crippen LogP contribution is 2.30. The third kappa shape index (κ3) is 2.41. The van der Waals surface area contributed by atoms with Crippen molar-refractivity contribution >= 4 is 0 Å². The van der Waals surface area contributed by atoms with Crippen LogP contribution in [0, 0.1) is 0 Å². The molecule has 90 valence electrons. The maximum absolute atomic E-state index is 9.25. The van der Waals surface area contributed by atoms with E-state index in [1.807, 2.05) is 0 Å². The first-order chi connectivity index (χ1) is 7.70. The maximum atomic E-state index is 9.25. The molecule has 2 rings (SSSR count). The van der Waals surface area contributed by atoms with E-state index in [1.54, 1.807) is 6.92 Å². The Labute approximate surface area is 95.4 Å². The predicted molar refractivity (Wildman–Crippen MR) is 58.9 cm³/mol. The molecule has 5 nitrogen and oxygen atoms in total. The Bertz CT molecular complexity index is 338. The number of nitrogens with zero attached hydrogens (tertiary/aromatic N) is 3. The zero-order valence-corrected chi connectivity index (χ0v) is 9.89. The molecule has 1 N–H and O–H groups in total. The van der Waals surface area contributed by atoms with E-state index >= 15 is 0 Å². The Morgan fingerprint density at radius 2 is 2.44 bits per heavy atom. The molecule has 0 spiro atoms. The minimum absolute atomic E-state index is 0.278. The van der Waals surface area contributed by atoms with Crippen molar-refractivity contribution in [2.75, 3.05) is 13.1 Å². The molecule has 1 aromatic heterocycles. The number of likely N-dealkylation sites (tertiary alicyclic amines) is 1. The Balaban J connectivity index is 2.06. The Morgan fingerprint density at radius 1 is 1.62 bits per heavy atom. The van der Waals surface area contributed by atoms with Gasteiger partial charge in [-0.25, -0.2) is 0 Å². The monoisotopic (exact) mass is 225 g/mol. The van der Waals surface area contributed by atoms with Gasteiger partial charge >= 0.3 is 0 Å². The molecule has 1 aromatic rings. The zero-order chi connectivity index (χ0) is 11.5. The van der Waals surface area contributed by atoms with Crippen LogP contribution >= 0.6 is 0 Å². The zero-order valence-electron chi connectivity index (χ0n) is 9.89. The summed E-state index contributed by atoms with van der Waals surface area (Å²) >= 11 is 0. The van der Waals surface area contributed by atoms with Crippen molar-refractivity contribution in [2.45, 2.75) is 45.3 Å². The molecule has 2 unspecified atom stereocenters. The molecule has 1 saturated heterocycles. The second-order valence-corrected chi connectivity index (χ2v) is 4.39. The number of aliphatic hydroxyl groups excluding tert-OH is 1. The molecule has 0 saturated carbocycles. The van der Waals surface area contributed by atoms with E-state index in [1.165, 1.54) is 6.42 Å². The molecule has 0 aliphatic carbocycles. The summed E-state index contributed by atoms with van der Waals surface area (Å²) in [5, 5.41) is 13.1. The molecule has 0 bridgehead atoms. The summed E-state index contributed by atoms with van der Waals surface area (Å²) in [4.78, 5) is 6.70. The van der Waals surface area contributed by atoms with Crippen LogP contribution in [-0.2, 0) is 6.42 Å². The highest BCUT2D eigenvalue weighted by molar-refractivity contribution is 4.97. The van der Waals surface area contributed by atoms with Gasteiger partial charge in [-0.1, -0.05) is 12.1 Å². The smallest absolute Gasteiger partial charge is 0.243 e. The van der Waals surface area contributed by atoms with E-state index in [2.05, 4.69) is 22.0 Å². The summed E-state index contributed by atoms with van der Waals surface area (Å²) in [6, 6.07) is 0.278. The lowest BCUT2D eigenvalue weighted by atomic mass is 10.2. The van der Waals surface area contributed by atoms with Crippen LogP contribution in [0.2, 0.25) is 0 Å². The summed E-state index contributed by atoms with van der Waals surface area (Å²) in [5.41, 5.74) is 0. The molecular formula is C11H19N3O2. The Morgan fingerprint density at radius 3 is 3.12 bits per heavy atom. The standard InChI is InChI=1S/C11H19N3O2/c1-3-14-6-4-5-9(14)11-12-10(13-16-11)7-8(2)15/h8-9,15H,3-7H2,1-2H3. The van der Waals surface area contributed by atoms with Crippen molar-refractivity contribution in [3.05, 3.63) is 11.7 Å². The topological polar surface area (TPSA) is 62.4 Å². The fraction of sp³-hybridized carbons (Fsp3) is 0.818. The van der Waals surface area contributed by atoms with Crippen molar-refractivity contribution < 1.29 is 9.63 Å². The first-order valence-corrected chi connectivity index (χ1v) is 5.95. The van der Waals surface area contributed by atoms with Gasteiger partial charge in [0.15, 0.2) is 5.82 Å². The molecule has 1 aliphatic heterocycles. The second-order valence-electron chi connectivity index (χ2n) is 4.39. The van der Waals surface area contributed by atoms with Gasteiger partial charge in [0.25, 0.3) is 0 Å². The lowest BCUT2D eigenvalue weighted by molar-refractivity contribution is 0.191. The molecule has 1 fully saturated rings. The van der Waals surface area contributed by atoms with Crippen LogP contribution in [0.5, 0.6) is 0 Å². The number of hydrogen-bond acceptors (Lipinski definition) is 5. The van der Waals surface area contributed by atoms with Crippen LogP contribution in [0.4, 0.5) is 0 Å². The normalized spacial score (nSPS) is 23.8. The molecule has 2 heterocycles. The summed E-state index contributed by atoms with van der Waals surface area (Å²) in [6.45, 7) is 5.99. The van der Waals surface area contributed by atoms with Crippen LogP contribution < -0.4 is 0 Å². The molecule has 16 heavy (non-hydrogen) atoms. The van der Waals surface area contributed by atoms with E-state index in [0.717, 1.165) is 19.5 Å². The molecule has 5 heteroatoms. The average Bonchev–Trinajstić information content (AvgIpc) is 2.83. The largest absolute Gasteiger partial charge is 0.393 e. The van der Waals surface area contributed by atoms with E-state index in [0.29, 0.717) is 18.1 Å². The number of rotatable bonds is 4. The fourth-order valence-electron chi connectivity index (χ4n) is 2.23. The molecule has 0 amide bonds. The van der Waals surface area contributed by atoms with E-state index in [9.17, 15) is 5.11 Å². The Hall–Kier alpha value is -0.940. The summed E-state index contributed by atoms with van der Waals surface area (Å²) < 4.78 is 5.27. The van der Waals surface area contributed by atoms with Crippen LogP contribution in [0.1, 0.15) is 44.4 Å². The van der Waals surface area contributed by atoms with Gasteiger partial charge in [-0.15, -0.1) is 0 Å². The van der Waals surface area contributed by atoms with Gasteiger partial charge in [-0.3, -0.25) is 4.90 Å². The fourth-order valence-corrected chi connectivity index (χ4v) is 2.23. The lowest BCUT2D eigenvalue weighted by Gasteiger charge is -2.18. The summed E-state index contributed by atoms with van der Waals surface area (Å²) in [6.07, 6.45) is 2.32. The van der Waals surface area contributed by atoms with Crippen molar-refractivity contribution in [2.24, 2.45) is 0 Å².